The van der Waals surface area contributed by atoms with Crippen molar-refractivity contribution in [3.8, 4) is 0 Å². The van der Waals surface area contributed by atoms with Gasteiger partial charge in [0, 0.05) is 6.54 Å². The first kappa shape index (κ1) is 15.1. The molecule has 90 valence electrons. The van der Waals surface area contributed by atoms with Gasteiger partial charge in [-0.15, -0.1) is 0 Å². The topological polar surface area (TPSA) is 64.3 Å². The van der Waals surface area contributed by atoms with E-state index in [0.717, 1.165) is 19.3 Å². The molecule has 0 aliphatic rings. The van der Waals surface area contributed by atoms with Gasteiger partial charge in [-0.3, -0.25) is 0 Å². The molecule has 0 aliphatic heterocycles. The molecule has 0 radical (unpaired) electrons. The minimum Gasteiger partial charge on any atom is -0.445 e. The van der Waals surface area contributed by atoms with Crippen LogP contribution in [0.1, 0.15) is 19.3 Å². The van der Waals surface area contributed by atoms with Crippen molar-refractivity contribution in [2.24, 2.45) is 5.73 Å². The van der Waals surface area contributed by atoms with Crippen LogP contribution in [0, 0.1) is 0 Å². The standard InChI is InChI=1S/C8H15Cl3N2O2/c9-8(10,11)6-15-7(14)13-5-3-1-2-4-12/h1-6,12H2,(H,13,14). The summed E-state index contributed by atoms with van der Waals surface area (Å²) in [7, 11) is 0. The average Bonchev–Trinajstić information content (AvgIpc) is 2.13. The number of ether oxygens (including phenoxy) is 1. The van der Waals surface area contributed by atoms with E-state index in [-0.39, 0.29) is 6.61 Å². The number of amides is 1. The van der Waals surface area contributed by atoms with Crippen LogP contribution in [0.15, 0.2) is 0 Å². The zero-order chi connectivity index (χ0) is 11.7. The number of rotatable bonds is 6. The molecule has 0 aromatic rings. The number of carbonyl (C=O) groups is 1. The number of halogens is 3. The van der Waals surface area contributed by atoms with Gasteiger partial charge in [0.25, 0.3) is 0 Å². The van der Waals surface area contributed by atoms with Gasteiger partial charge in [-0.05, 0) is 19.4 Å². The Morgan fingerprint density at radius 2 is 1.93 bits per heavy atom. The van der Waals surface area contributed by atoms with Crippen LogP contribution in [0.2, 0.25) is 0 Å². The highest BCUT2D eigenvalue weighted by molar-refractivity contribution is 6.67. The summed E-state index contributed by atoms with van der Waals surface area (Å²) in [5, 5.41) is 2.54. The summed E-state index contributed by atoms with van der Waals surface area (Å²) in [4.78, 5) is 11.0. The molecule has 0 rings (SSSR count). The van der Waals surface area contributed by atoms with E-state index in [0.29, 0.717) is 13.1 Å². The van der Waals surface area contributed by atoms with Crippen molar-refractivity contribution < 1.29 is 9.53 Å². The first-order valence-electron chi connectivity index (χ1n) is 4.63. The second kappa shape index (κ2) is 8.28. The number of hydrogen-bond donors (Lipinski definition) is 2. The van der Waals surface area contributed by atoms with Gasteiger partial charge in [0.2, 0.25) is 3.79 Å². The highest BCUT2D eigenvalue weighted by Gasteiger charge is 2.21. The van der Waals surface area contributed by atoms with Crippen molar-refractivity contribution in [3.63, 3.8) is 0 Å². The second-order valence-electron chi connectivity index (χ2n) is 2.97. The first-order chi connectivity index (χ1) is 6.95. The van der Waals surface area contributed by atoms with Gasteiger partial charge in [0.15, 0.2) is 0 Å². The zero-order valence-electron chi connectivity index (χ0n) is 8.27. The molecule has 0 saturated carbocycles. The van der Waals surface area contributed by atoms with E-state index in [1.807, 2.05) is 0 Å². The maximum Gasteiger partial charge on any atom is 0.407 e. The summed E-state index contributed by atoms with van der Waals surface area (Å²) in [6.07, 6.45) is 2.21. The number of nitrogens with one attached hydrogen (secondary N) is 1. The van der Waals surface area contributed by atoms with Gasteiger partial charge in [-0.1, -0.05) is 41.2 Å². The van der Waals surface area contributed by atoms with Crippen molar-refractivity contribution in [1.29, 1.82) is 0 Å². The summed E-state index contributed by atoms with van der Waals surface area (Å²) < 4.78 is 3.08. The first-order valence-corrected chi connectivity index (χ1v) is 5.76. The second-order valence-corrected chi connectivity index (χ2v) is 5.48. The summed E-state index contributed by atoms with van der Waals surface area (Å²) in [5.74, 6) is 0. The molecule has 15 heavy (non-hydrogen) atoms. The number of unbranched alkanes of at least 4 members (excludes halogenated alkanes) is 2. The van der Waals surface area contributed by atoms with Crippen molar-refractivity contribution >= 4 is 40.9 Å². The van der Waals surface area contributed by atoms with E-state index >= 15 is 0 Å². The van der Waals surface area contributed by atoms with E-state index in [1.54, 1.807) is 0 Å². The molecule has 1 amide bonds. The molecular formula is C8H15Cl3N2O2. The molecule has 3 N–H and O–H groups in total. The van der Waals surface area contributed by atoms with E-state index in [1.165, 1.54) is 0 Å². The normalized spacial score (nSPS) is 11.2. The van der Waals surface area contributed by atoms with Crippen LogP contribution in [-0.2, 0) is 4.74 Å². The van der Waals surface area contributed by atoms with Gasteiger partial charge in [0.1, 0.15) is 6.61 Å². The summed E-state index contributed by atoms with van der Waals surface area (Å²) in [5.41, 5.74) is 5.31. The quantitative estimate of drug-likeness (QED) is 0.578. The smallest absolute Gasteiger partial charge is 0.407 e. The van der Waals surface area contributed by atoms with Crippen LogP contribution in [-0.4, -0.2) is 29.6 Å². The molecule has 7 heteroatoms. The van der Waals surface area contributed by atoms with Crippen molar-refractivity contribution in [1.82, 2.24) is 5.32 Å². The lowest BCUT2D eigenvalue weighted by molar-refractivity contribution is 0.148. The van der Waals surface area contributed by atoms with E-state index in [4.69, 9.17) is 40.5 Å². The highest BCUT2D eigenvalue weighted by Crippen LogP contribution is 2.25. The van der Waals surface area contributed by atoms with Crippen LogP contribution >= 0.6 is 34.8 Å². The molecule has 0 heterocycles. The molecule has 0 bridgehead atoms. The summed E-state index contributed by atoms with van der Waals surface area (Å²) in [6, 6.07) is 0. The van der Waals surface area contributed by atoms with Crippen LogP contribution < -0.4 is 11.1 Å². The maximum absolute atomic E-state index is 11.0. The Labute approximate surface area is 104 Å². The molecule has 4 nitrogen and oxygen atoms in total. The fourth-order valence-electron chi connectivity index (χ4n) is 0.835. The number of carbonyl (C=O) groups excluding carboxylic acids is 1. The molecule has 0 aromatic heterocycles. The third-order valence-electron chi connectivity index (χ3n) is 1.52. The fraction of sp³-hybridized carbons (Fsp3) is 0.875. The van der Waals surface area contributed by atoms with Crippen LogP contribution in [0.4, 0.5) is 4.79 Å². The van der Waals surface area contributed by atoms with Crippen molar-refractivity contribution in [3.05, 3.63) is 0 Å². The van der Waals surface area contributed by atoms with E-state index in [9.17, 15) is 4.79 Å². The van der Waals surface area contributed by atoms with Gasteiger partial charge in [-0.2, -0.15) is 0 Å². The molecule has 0 saturated heterocycles. The zero-order valence-corrected chi connectivity index (χ0v) is 10.5. The lowest BCUT2D eigenvalue weighted by atomic mass is 10.2. The maximum atomic E-state index is 11.0. The molecular weight excluding hydrogens is 262 g/mol. The Bertz CT molecular complexity index is 185. The summed E-state index contributed by atoms with van der Waals surface area (Å²) in [6.45, 7) is 0.947. The number of alkyl carbamates (subject to hydrolysis) is 1. The minimum atomic E-state index is -1.56. The molecule has 0 atom stereocenters. The van der Waals surface area contributed by atoms with Gasteiger partial charge < -0.3 is 15.8 Å². The third-order valence-corrected chi connectivity index (χ3v) is 1.84. The molecule has 0 unspecified atom stereocenters. The Kier molecular flexibility index (Phi) is 8.33. The minimum absolute atomic E-state index is 0.258. The van der Waals surface area contributed by atoms with E-state index in [2.05, 4.69) is 10.1 Å². The number of hydrogen-bond acceptors (Lipinski definition) is 3. The predicted molar refractivity (Wildman–Crippen MR) is 62.5 cm³/mol. The Balaban J connectivity index is 3.34. The van der Waals surface area contributed by atoms with Crippen molar-refractivity contribution in [2.75, 3.05) is 19.7 Å². The van der Waals surface area contributed by atoms with E-state index < -0.39 is 9.89 Å². The van der Waals surface area contributed by atoms with Gasteiger partial charge in [-0.25, -0.2) is 4.79 Å². The molecule has 0 fully saturated rings. The molecule has 0 spiro atoms. The largest absolute Gasteiger partial charge is 0.445 e. The van der Waals surface area contributed by atoms with Gasteiger partial charge in [0.05, 0.1) is 0 Å². The van der Waals surface area contributed by atoms with Gasteiger partial charge >= 0.3 is 6.09 Å². The Morgan fingerprint density at radius 1 is 1.27 bits per heavy atom. The Morgan fingerprint density at radius 3 is 2.47 bits per heavy atom. The summed E-state index contributed by atoms with van der Waals surface area (Å²) >= 11 is 16.2. The fourth-order valence-corrected chi connectivity index (χ4v) is 0.999. The van der Waals surface area contributed by atoms with Crippen molar-refractivity contribution in [2.45, 2.75) is 23.1 Å². The monoisotopic (exact) mass is 276 g/mol. The number of nitrogens with two attached hydrogens (primary N) is 1. The highest BCUT2D eigenvalue weighted by atomic mass is 35.6. The number of alkyl halides is 3. The third kappa shape index (κ3) is 12.0. The SMILES string of the molecule is NCCCCCNC(=O)OCC(Cl)(Cl)Cl. The predicted octanol–water partition coefficient (Wildman–Crippen LogP) is 2.21. The average molecular weight is 278 g/mol. The molecule has 0 aromatic carbocycles. The lowest BCUT2D eigenvalue weighted by Gasteiger charge is -2.11. The van der Waals surface area contributed by atoms with Crippen LogP contribution in [0.5, 0.6) is 0 Å². The van der Waals surface area contributed by atoms with Crippen LogP contribution in [0.25, 0.3) is 0 Å². The molecule has 0 aliphatic carbocycles. The Hall–Kier alpha value is 0.1000. The lowest BCUT2D eigenvalue weighted by Crippen LogP contribution is -2.28. The van der Waals surface area contributed by atoms with Crippen LogP contribution in [0.3, 0.4) is 0 Å².